The molecule has 65 heavy (non-hydrogen) atoms. The molecule has 0 bridgehead atoms. The van der Waals surface area contributed by atoms with Crippen LogP contribution in [0, 0.1) is 34.5 Å². The Morgan fingerprint density at radius 1 is 0.662 bits per heavy atom. The number of hydrogen-bond acceptors (Lipinski definition) is 20. The lowest BCUT2D eigenvalue weighted by Gasteiger charge is -2.63. The lowest BCUT2D eigenvalue weighted by atomic mass is 9.43. The van der Waals surface area contributed by atoms with Crippen LogP contribution in [0.25, 0.3) is 0 Å². The Kier molecular flexibility index (Phi) is 16.0. The fraction of sp³-hybridized carbons (Fsp3) is 0.911. The average molecular weight is 935 g/mol. The van der Waals surface area contributed by atoms with Crippen molar-refractivity contribution in [2.24, 2.45) is 34.5 Å². The maximum absolute atomic E-state index is 11.9. The number of fused-ring (bicyclic) bond motifs is 5. The van der Waals surface area contributed by atoms with Crippen molar-refractivity contribution in [1.82, 2.24) is 0 Å². The van der Waals surface area contributed by atoms with Gasteiger partial charge in [0.2, 0.25) is 5.79 Å². The fourth-order valence-electron chi connectivity index (χ4n) is 12.8. The zero-order valence-corrected chi connectivity index (χ0v) is 36.6. The quantitative estimate of drug-likeness (QED) is 0.0854. The third-order valence-electron chi connectivity index (χ3n) is 16.3. The molecule has 6 fully saturated rings. The van der Waals surface area contributed by atoms with E-state index in [2.05, 4.69) is 26.0 Å². The van der Waals surface area contributed by atoms with E-state index in [1.54, 1.807) is 0 Å². The summed E-state index contributed by atoms with van der Waals surface area (Å²) in [6.45, 7) is 4.76. The van der Waals surface area contributed by atoms with Crippen LogP contribution < -0.4 is 0 Å². The largest absolute Gasteiger partial charge is 0.394 e. The van der Waals surface area contributed by atoms with Crippen molar-refractivity contribution in [3.63, 3.8) is 0 Å². The highest BCUT2D eigenvalue weighted by Crippen LogP contribution is 2.64. The van der Waals surface area contributed by atoms with E-state index in [9.17, 15) is 61.3 Å². The highest BCUT2D eigenvalue weighted by molar-refractivity contribution is 5.26. The minimum Gasteiger partial charge on any atom is -0.394 e. The Morgan fingerprint density at radius 3 is 1.92 bits per heavy atom. The van der Waals surface area contributed by atoms with Gasteiger partial charge in [-0.05, 0) is 98.0 Å². The average Bonchev–Trinajstić information content (AvgIpc) is 3.27. The second-order valence-corrected chi connectivity index (χ2v) is 20.0. The molecule has 5 heterocycles. The van der Waals surface area contributed by atoms with E-state index in [1.165, 1.54) is 0 Å². The third kappa shape index (κ3) is 9.28. The maximum atomic E-state index is 11.9. The van der Waals surface area contributed by atoms with Crippen molar-refractivity contribution < 1.29 is 99.2 Å². The molecule has 20 nitrogen and oxygen atoms in total. The SMILES string of the molecule is C.C/C1=C\[C@]2(C)CC[C@@H]3[C@H](CC[C@@H]4C[C@H](O[C@H]5O[C@@H](CO)[C@H](O[C@H]6O[C@@H](CO)[C@H](O)[C@@H](O)[C@@H]6O[C@H]6O[C@@H](CO)[C@H](O)[C@@H](O)[C@@H]6O)[C@@H](O)[C@@H]5O)[C@@H](O)C[C@]43C)[C@H]2[C@@H](O)CO[C@@]12C=CCCO2. The summed E-state index contributed by atoms with van der Waals surface area (Å²) in [5, 5.41) is 130. The van der Waals surface area contributed by atoms with Crippen LogP contribution in [0.1, 0.15) is 73.1 Å². The number of aliphatic hydroxyl groups is 12. The summed E-state index contributed by atoms with van der Waals surface area (Å²) in [4.78, 5) is 0. The summed E-state index contributed by atoms with van der Waals surface area (Å²) in [5.74, 6) is -0.595. The first-order valence-corrected chi connectivity index (χ1v) is 22.9. The Balaban J connectivity index is 0.00000630. The molecule has 0 aromatic heterocycles. The van der Waals surface area contributed by atoms with E-state index in [4.69, 9.17) is 37.9 Å². The predicted octanol–water partition coefficient (Wildman–Crippen LogP) is -2.31. The number of hydrogen-bond donors (Lipinski definition) is 12. The van der Waals surface area contributed by atoms with Crippen molar-refractivity contribution in [2.45, 2.75) is 189 Å². The zero-order chi connectivity index (χ0) is 46.0. The molecule has 0 unspecified atom stereocenters. The van der Waals surface area contributed by atoms with Crippen molar-refractivity contribution in [2.75, 3.05) is 33.0 Å². The molecule has 8 aliphatic rings. The molecule has 5 aliphatic heterocycles. The van der Waals surface area contributed by atoms with Crippen LogP contribution in [0.4, 0.5) is 0 Å². The van der Waals surface area contributed by atoms with Gasteiger partial charge >= 0.3 is 0 Å². The lowest BCUT2D eigenvalue weighted by Crippen LogP contribution is -2.67. The summed E-state index contributed by atoms with van der Waals surface area (Å²) in [6, 6.07) is 0. The van der Waals surface area contributed by atoms with E-state index in [0.717, 1.165) is 37.7 Å². The molecule has 3 aliphatic carbocycles. The van der Waals surface area contributed by atoms with Crippen LogP contribution in [0.15, 0.2) is 23.8 Å². The Labute approximate surface area is 379 Å². The molecule has 0 aromatic rings. The van der Waals surface area contributed by atoms with Gasteiger partial charge in [0.05, 0.1) is 51.3 Å². The van der Waals surface area contributed by atoms with Crippen LogP contribution in [0.2, 0.25) is 0 Å². The normalized spacial score (nSPS) is 54.5. The Bertz CT molecular complexity index is 1650. The van der Waals surface area contributed by atoms with Gasteiger partial charge in [-0.1, -0.05) is 33.4 Å². The molecule has 0 radical (unpaired) electrons. The fourth-order valence-corrected chi connectivity index (χ4v) is 12.8. The van der Waals surface area contributed by atoms with Gasteiger partial charge in [0, 0.05) is 0 Å². The minimum absolute atomic E-state index is 0. The van der Waals surface area contributed by atoms with Gasteiger partial charge in [-0.25, -0.2) is 0 Å². The first-order valence-electron chi connectivity index (χ1n) is 22.9. The molecule has 20 heteroatoms. The van der Waals surface area contributed by atoms with E-state index in [1.807, 2.05) is 13.0 Å². The topological polar surface area (TPSA) is 317 Å². The molecular formula is C45H74O20. The van der Waals surface area contributed by atoms with Crippen LogP contribution in [0.3, 0.4) is 0 Å². The van der Waals surface area contributed by atoms with Gasteiger partial charge in [0.1, 0.15) is 73.2 Å². The molecule has 8 rings (SSSR count). The van der Waals surface area contributed by atoms with Crippen molar-refractivity contribution in [3.8, 4) is 0 Å². The van der Waals surface area contributed by atoms with E-state index < -0.39 is 136 Å². The summed E-state index contributed by atoms with van der Waals surface area (Å²) >= 11 is 0. The number of allylic oxidation sites excluding steroid dienone is 1. The summed E-state index contributed by atoms with van der Waals surface area (Å²) < 4.78 is 47.6. The van der Waals surface area contributed by atoms with Crippen molar-refractivity contribution >= 4 is 0 Å². The molecule has 374 valence electrons. The summed E-state index contributed by atoms with van der Waals surface area (Å²) in [5.41, 5.74) is 0.369. The van der Waals surface area contributed by atoms with Crippen LogP contribution in [-0.4, -0.2) is 211 Å². The van der Waals surface area contributed by atoms with Gasteiger partial charge in [-0.2, -0.15) is 0 Å². The number of rotatable bonds is 9. The van der Waals surface area contributed by atoms with Crippen LogP contribution >= 0.6 is 0 Å². The summed E-state index contributed by atoms with van der Waals surface area (Å²) in [6.07, 6.45) is -17.0. The molecule has 25 atom stereocenters. The standard InChI is InChI=1S/C44H70O20.CH4/c1-19-13-42(2)10-8-22-21(29(42)24(49)18-58-44(19)9-4-5-11-57-44)7-6-20-12-25(23(48)14-43(20,22)3)59-39-36(56)34(54)37(28(17-47)62-39)63-41-38(33(53)31(51)27(16-46)61-41)64-40-35(55)32(52)30(50)26(15-45)60-40;/h4,9,13,20-41,45-56H,5-8,10-12,14-18H2,1-3H3;1H4/b19-13+;/t20-,21+,22-,23+,24+,25+,26+,27+,28+,29+,30+,31+,32-,33-,34+,35+,36+,37+,38+,39+,40-,41-,42+,43-,44+;/m1./s1. The van der Waals surface area contributed by atoms with Gasteiger partial charge in [0.25, 0.3) is 0 Å². The van der Waals surface area contributed by atoms with Crippen LogP contribution in [-0.2, 0) is 37.9 Å². The second kappa shape index (κ2) is 20.2. The zero-order valence-electron chi connectivity index (χ0n) is 36.6. The number of aliphatic hydroxyl groups excluding tert-OH is 12. The van der Waals surface area contributed by atoms with E-state index in [-0.39, 0.29) is 48.5 Å². The molecule has 3 saturated heterocycles. The van der Waals surface area contributed by atoms with E-state index in [0.29, 0.717) is 19.4 Å². The second-order valence-electron chi connectivity index (χ2n) is 20.0. The first kappa shape index (κ1) is 51.5. The van der Waals surface area contributed by atoms with Gasteiger partial charge in [-0.3, -0.25) is 0 Å². The van der Waals surface area contributed by atoms with Gasteiger partial charge < -0.3 is 99.2 Å². The Hall–Kier alpha value is -1.32. The first-order chi connectivity index (χ1) is 30.4. The van der Waals surface area contributed by atoms with Crippen molar-refractivity contribution in [1.29, 1.82) is 0 Å². The van der Waals surface area contributed by atoms with Gasteiger partial charge in [0.15, 0.2) is 18.9 Å². The molecule has 1 spiro atoms. The van der Waals surface area contributed by atoms with Crippen LogP contribution in [0.5, 0.6) is 0 Å². The Morgan fingerprint density at radius 2 is 1.26 bits per heavy atom. The monoisotopic (exact) mass is 934 g/mol. The number of ether oxygens (including phenoxy) is 8. The molecule has 0 amide bonds. The summed E-state index contributed by atoms with van der Waals surface area (Å²) in [7, 11) is 0. The highest BCUT2D eigenvalue weighted by Gasteiger charge is 2.61. The molecule has 12 N–H and O–H groups in total. The maximum Gasteiger partial charge on any atom is 0.210 e. The molecule has 0 aromatic carbocycles. The molecular weight excluding hydrogens is 860 g/mol. The lowest BCUT2D eigenvalue weighted by molar-refractivity contribution is -0.391. The van der Waals surface area contributed by atoms with E-state index >= 15 is 0 Å². The third-order valence-corrected chi connectivity index (χ3v) is 16.3. The smallest absolute Gasteiger partial charge is 0.210 e. The predicted molar refractivity (Wildman–Crippen MR) is 223 cm³/mol. The minimum atomic E-state index is -1.92. The van der Waals surface area contributed by atoms with Crippen molar-refractivity contribution in [3.05, 3.63) is 23.8 Å². The highest BCUT2D eigenvalue weighted by atomic mass is 16.8. The van der Waals surface area contributed by atoms with Gasteiger partial charge in [-0.15, -0.1) is 0 Å². The molecule has 3 saturated carbocycles.